The smallest absolute Gasteiger partial charge is 0.323 e. The number of hydrogen-bond acceptors (Lipinski definition) is 6. The third-order valence-electron chi connectivity index (χ3n) is 12.9. The summed E-state index contributed by atoms with van der Waals surface area (Å²) in [5.74, 6) is 0.482. The van der Waals surface area contributed by atoms with Gasteiger partial charge < -0.3 is 52.0 Å². The summed E-state index contributed by atoms with van der Waals surface area (Å²) in [6, 6.07) is 47.3. The molecule has 0 radical (unpaired) electrons. The molecular formula is C58H50Cl2F4N8O5S. The van der Waals surface area contributed by atoms with Gasteiger partial charge in [-0.3, -0.25) is 0 Å². The molecular weight excluding hydrogens is 1070 g/mol. The molecule has 8 aromatic carbocycles. The van der Waals surface area contributed by atoms with Crippen molar-refractivity contribution in [2.45, 2.75) is 36.1 Å². The molecule has 78 heavy (non-hydrogen) atoms. The zero-order valence-electron chi connectivity index (χ0n) is 41.3. The van der Waals surface area contributed by atoms with Gasteiger partial charge in [-0.15, -0.1) is 0 Å². The molecule has 2 aliphatic heterocycles. The van der Waals surface area contributed by atoms with Crippen molar-refractivity contribution in [3.05, 3.63) is 191 Å². The van der Waals surface area contributed by atoms with Crippen LogP contribution in [0.5, 0.6) is 11.5 Å². The first-order valence-electron chi connectivity index (χ1n) is 24.4. The number of nitrogens with one attached hydrogen (secondary N) is 8. The number of para-hydroxylation sites is 2. The monoisotopic (exact) mass is 1120 g/mol. The van der Waals surface area contributed by atoms with E-state index in [4.69, 9.17) is 44.9 Å². The van der Waals surface area contributed by atoms with Crippen molar-refractivity contribution in [3.63, 3.8) is 0 Å². The highest BCUT2D eigenvalue weighted by Crippen LogP contribution is 2.43. The van der Waals surface area contributed by atoms with Crippen LogP contribution in [0.15, 0.2) is 170 Å². The van der Waals surface area contributed by atoms with Crippen molar-refractivity contribution >= 4 is 114 Å². The molecule has 0 aliphatic carbocycles. The highest BCUT2D eigenvalue weighted by Gasteiger charge is 2.44. The topological polar surface area (TPSA) is 166 Å². The largest absolute Gasteiger partial charge is 0.481 e. The lowest BCUT2D eigenvalue weighted by Crippen LogP contribution is -2.49. The van der Waals surface area contributed by atoms with Gasteiger partial charge in [0.1, 0.15) is 38.2 Å². The maximum atomic E-state index is 13.8. The van der Waals surface area contributed by atoms with Gasteiger partial charge in [-0.05, 0) is 108 Å². The average Bonchev–Trinajstić information content (AvgIpc) is 3.52. The molecule has 0 fully saturated rings. The number of carbonyl (C=O) groups is 3. The number of benzene rings is 8. The van der Waals surface area contributed by atoms with E-state index >= 15 is 0 Å². The van der Waals surface area contributed by atoms with Crippen LogP contribution in [-0.2, 0) is 0 Å². The highest BCUT2D eigenvalue weighted by atomic mass is 35.5. The molecule has 8 aromatic rings. The van der Waals surface area contributed by atoms with E-state index < -0.39 is 62.0 Å². The SMILES string of the molecule is O=C(Nc1cccc2cc(NC(=S)Nc3ccccc3)ccc12)NC1CC(CF)(CF)Oc2cc(Cl)ccc21.O=C(Nc1ccccc1)Nc1ccc2c(NC(=O)NC3CC(CF)(CF)Oc4cc(Cl)ccc43)cccc2c1. The van der Waals surface area contributed by atoms with Gasteiger partial charge in [0, 0.05) is 67.5 Å². The van der Waals surface area contributed by atoms with Gasteiger partial charge in [0.05, 0.1) is 23.5 Å². The van der Waals surface area contributed by atoms with Crippen LogP contribution in [0.1, 0.15) is 36.1 Å². The van der Waals surface area contributed by atoms with Crippen LogP contribution in [0, 0.1) is 0 Å². The quantitative estimate of drug-likeness (QED) is 0.0442. The van der Waals surface area contributed by atoms with E-state index in [-0.39, 0.29) is 30.4 Å². The second kappa shape index (κ2) is 24.3. The van der Waals surface area contributed by atoms with Crippen molar-refractivity contribution in [2.75, 3.05) is 58.6 Å². The van der Waals surface area contributed by atoms with Crippen molar-refractivity contribution < 1.29 is 41.4 Å². The van der Waals surface area contributed by atoms with Crippen LogP contribution in [0.2, 0.25) is 10.0 Å². The van der Waals surface area contributed by atoms with E-state index in [0.717, 1.165) is 32.9 Å². The molecule has 2 atom stereocenters. The second-order valence-corrected chi connectivity index (χ2v) is 19.8. The van der Waals surface area contributed by atoms with Gasteiger partial charge in [-0.2, -0.15) is 0 Å². The molecule has 2 unspecified atom stereocenters. The molecule has 0 saturated carbocycles. The average molecular weight is 1120 g/mol. The summed E-state index contributed by atoms with van der Waals surface area (Å²) in [5, 5.41) is 27.6. The van der Waals surface area contributed by atoms with Crippen molar-refractivity contribution in [1.82, 2.24) is 10.6 Å². The van der Waals surface area contributed by atoms with Gasteiger partial charge >= 0.3 is 18.1 Å². The Kier molecular flexibility index (Phi) is 17.0. The van der Waals surface area contributed by atoms with Gasteiger partial charge in [0.15, 0.2) is 16.3 Å². The Labute approximate surface area is 461 Å². The molecule has 400 valence electrons. The number of hydrogen-bond donors (Lipinski definition) is 8. The Balaban J connectivity index is 0.000000190. The van der Waals surface area contributed by atoms with Crippen LogP contribution >= 0.6 is 35.4 Å². The van der Waals surface area contributed by atoms with Crippen molar-refractivity contribution in [2.24, 2.45) is 0 Å². The Morgan fingerprint density at radius 3 is 1.32 bits per heavy atom. The minimum atomic E-state index is -1.70. The van der Waals surface area contributed by atoms with Gasteiger partial charge in [-0.25, -0.2) is 31.9 Å². The summed E-state index contributed by atoms with van der Waals surface area (Å²) in [6.45, 7) is -4.20. The maximum absolute atomic E-state index is 13.8. The van der Waals surface area contributed by atoms with E-state index in [9.17, 15) is 31.9 Å². The van der Waals surface area contributed by atoms with Gasteiger partial charge in [0.2, 0.25) is 0 Å². The predicted octanol–water partition coefficient (Wildman–Crippen LogP) is 15.1. The lowest BCUT2D eigenvalue weighted by atomic mass is 9.88. The number of amides is 6. The van der Waals surface area contributed by atoms with Gasteiger partial charge in [-0.1, -0.05) is 108 Å². The lowest BCUT2D eigenvalue weighted by molar-refractivity contribution is -0.0105. The van der Waals surface area contributed by atoms with Gasteiger partial charge in [0.25, 0.3) is 0 Å². The number of thiocarbonyl (C=S) groups is 1. The van der Waals surface area contributed by atoms with Crippen molar-refractivity contribution in [3.8, 4) is 11.5 Å². The van der Waals surface area contributed by atoms with E-state index in [0.29, 0.717) is 49.0 Å². The number of urea groups is 3. The summed E-state index contributed by atoms with van der Waals surface area (Å²) >= 11 is 17.5. The maximum Gasteiger partial charge on any atom is 0.323 e. The Hall–Kier alpha value is -8.32. The molecule has 13 nitrogen and oxygen atoms in total. The minimum Gasteiger partial charge on any atom is -0.481 e. The van der Waals surface area contributed by atoms with Crippen LogP contribution in [0.25, 0.3) is 21.5 Å². The van der Waals surface area contributed by atoms with Crippen LogP contribution in [0.3, 0.4) is 0 Å². The third kappa shape index (κ3) is 13.1. The fourth-order valence-corrected chi connectivity index (χ4v) is 9.70. The fourth-order valence-electron chi connectivity index (χ4n) is 9.14. The Morgan fingerprint density at radius 1 is 0.462 bits per heavy atom. The number of fused-ring (bicyclic) bond motifs is 4. The molecule has 0 saturated heterocycles. The summed E-state index contributed by atoms with van der Waals surface area (Å²) in [7, 11) is 0. The van der Waals surface area contributed by atoms with E-state index in [1.165, 1.54) is 12.1 Å². The highest BCUT2D eigenvalue weighted by molar-refractivity contribution is 7.80. The number of halogens is 6. The van der Waals surface area contributed by atoms with E-state index in [1.54, 1.807) is 72.8 Å². The van der Waals surface area contributed by atoms with Crippen LogP contribution < -0.4 is 52.0 Å². The lowest BCUT2D eigenvalue weighted by Gasteiger charge is -2.39. The summed E-state index contributed by atoms with van der Waals surface area (Å²) in [4.78, 5) is 38.5. The Bertz CT molecular complexity index is 3260. The first kappa shape index (κ1) is 54.5. The molecule has 20 heteroatoms. The third-order valence-corrected chi connectivity index (χ3v) is 13.6. The molecule has 0 spiro atoms. The fraction of sp³-hybridized carbons (Fsp3) is 0.172. The summed E-state index contributed by atoms with van der Waals surface area (Å²) < 4.78 is 66.6. The van der Waals surface area contributed by atoms with Crippen LogP contribution in [0.4, 0.5) is 66.1 Å². The molecule has 10 rings (SSSR count). The van der Waals surface area contributed by atoms with Crippen molar-refractivity contribution in [1.29, 1.82) is 0 Å². The predicted molar refractivity (Wildman–Crippen MR) is 306 cm³/mol. The van der Waals surface area contributed by atoms with E-state index in [1.807, 2.05) is 84.9 Å². The number of rotatable bonds is 12. The first-order chi connectivity index (χ1) is 37.8. The summed E-state index contributed by atoms with van der Waals surface area (Å²) in [5.41, 5.74) is 1.78. The molecule has 2 aliphatic rings. The first-order valence-corrected chi connectivity index (χ1v) is 25.6. The molecule has 0 bridgehead atoms. The van der Waals surface area contributed by atoms with E-state index in [2.05, 4.69) is 42.5 Å². The standard InChI is InChI=1S/C29H25ClF2N4O3.C29H25ClF2N4O2S/c30-19-9-11-23-25(15-29(16-31,17-32)39-26(23)14-19)36-28(38)35-24-8-4-5-18-13-21(10-12-22(18)24)34-27(37)33-20-6-2-1-3-7-20;30-19-9-11-23-25(15-29(16-31,17-32)38-26(23)14-19)36-27(37)35-24-8-4-5-18-13-21(10-12-22(18)24)34-28(39)33-20-6-2-1-3-7-20/h1-14,25H,15-17H2,(H2,33,34,37)(H2,35,36,38);1-14,25H,15-17H2,(H2,33,34,39)(H2,35,36,37). The zero-order valence-corrected chi connectivity index (χ0v) is 43.6. The molecule has 8 N–H and O–H groups in total. The normalized spacial score (nSPS) is 15.5. The second-order valence-electron chi connectivity index (χ2n) is 18.6. The number of ether oxygens (including phenoxy) is 2. The minimum absolute atomic E-state index is 0.0659. The number of carbonyl (C=O) groups excluding carboxylic acids is 3. The number of anilines is 6. The summed E-state index contributed by atoms with van der Waals surface area (Å²) in [6.07, 6.45) is -0.152. The Morgan fingerprint density at radius 2 is 0.872 bits per heavy atom. The molecule has 6 amide bonds. The molecule has 2 heterocycles. The zero-order chi connectivity index (χ0) is 54.8. The van der Waals surface area contributed by atoms with Crippen LogP contribution in [-0.4, -0.2) is 61.1 Å². The molecule has 0 aromatic heterocycles. The number of alkyl halides is 4.